The number of halogens is 1. The van der Waals surface area contributed by atoms with Crippen LogP contribution in [-0.4, -0.2) is 35.1 Å². The smallest absolute Gasteiger partial charge is 0.232 e. The Hall–Kier alpha value is -1.60. The maximum atomic E-state index is 5.96. The summed E-state index contributed by atoms with van der Waals surface area (Å²) in [7, 11) is 1.94. The van der Waals surface area contributed by atoms with Crippen LogP contribution in [-0.2, 0) is 6.54 Å². The molecular formula is C13H17ClN6S. The number of hydrogen-bond donors (Lipinski definition) is 1. The van der Waals surface area contributed by atoms with E-state index in [-0.39, 0.29) is 5.95 Å². The van der Waals surface area contributed by atoms with E-state index >= 15 is 0 Å². The second-order valence-electron chi connectivity index (χ2n) is 5.05. The van der Waals surface area contributed by atoms with E-state index in [9.17, 15) is 0 Å². The van der Waals surface area contributed by atoms with Crippen LogP contribution in [0.3, 0.4) is 0 Å². The molecule has 0 bridgehead atoms. The number of hydrogen-bond acceptors (Lipinski definition) is 7. The Morgan fingerprint density at radius 2 is 2.05 bits per heavy atom. The van der Waals surface area contributed by atoms with Crippen molar-refractivity contribution in [2.24, 2.45) is 0 Å². The van der Waals surface area contributed by atoms with Gasteiger partial charge in [-0.25, -0.2) is 0 Å². The van der Waals surface area contributed by atoms with Crippen LogP contribution in [0.4, 0.5) is 17.8 Å². The number of nitrogens with zero attached hydrogens (tertiary/aromatic N) is 5. The minimum atomic E-state index is 0.262. The van der Waals surface area contributed by atoms with Crippen molar-refractivity contribution in [3.63, 3.8) is 0 Å². The van der Waals surface area contributed by atoms with Gasteiger partial charge in [0.25, 0.3) is 0 Å². The van der Waals surface area contributed by atoms with Gasteiger partial charge in [-0.15, -0.1) is 11.3 Å². The summed E-state index contributed by atoms with van der Waals surface area (Å²) in [6, 6.07) is 3.91. The maximum absolute atomic E-state index is 5.96. The van der Waals surface area contributed by atoms with Crippen molar-refractivity contribution in [2.75, 3.05) is 35.7 Å². The second-order valence-corrected chi connectivity index (χ2v) is 6.85. The molecule has 3 heterocycles. The quantitative estimate of drug-likeness (QED) is 0.931. The Labute approximate surface area is 132 Å². The monoisotopic (exact) mass is 324 g/mol. The molecule has 0 radical (unpaired) electrons. The standard InChI is InChI=1S/C13H17ClN6S/c1-19(8-9-4-5-10(14)21-9)12-16-11(15)17-13(18-12)20-6-2-3-7-20/h4-5H,2-3,6-8H2,1H3,(H2,15,16,17,18). The predicted octanol–water partition coefficient (Wildman–Crippen LogP) is 2.41. The summed E-state index contributed by atoms with van der Waals surface area (Å²) in [6.07, 6.45) is 2.34. The van der Waals surface area contributed by atoms with Crippen LogP contribution < -0.4 is 15.5 Å². The van der Waals surface area contributed by atoms with Gasteiger partial charge in [-0.3, -0.25) is 0 Å². The summed E-state index contributed by atoms with van der Waals surface area (Å²) in [5.74, 6) is 1.53. The molecule has 6 nitrogen and oxygen atoms in total. The molecule has 2 aromatic heterocycles. The topological polar surface area (TPSA) is 71.2 Å². The first-order valence-electron chi connectivity index (χ1n) is 6.83. The molecule has 0 saturated carbocycles. The fourth-order valence-corrected chi connectivity index (χ4v) is 3.48. The van der Waals surface area contributed by atoms with E-state index in [1.54, 1.807) is 11.3 Å². The molecule has 1 fully saturated rings. The van der Waals surface area contributed by atoms with E-state index < -0.39 is 0 Å². The van der Waals surface area contributed by atoms with Crippen LogP contribution in [0.1, 0.15) is 17.7 Å². The van der Waals surface area contributed by atoms with Gasteiger partial charge in [0, 0.05) is 25.0 Å². The highest BCUT2D eigenvalue weighted by atomic mass is 35.5. The second kappa shape index (κ2) is 6.03. The number of rotatable bonds is 4. The van der Waals surface area contributed by atoms with Gasteiger partial charge in [-0.05, 0) is 25.0 Å². The number of nitrogen functional groups attached to an aromatic ring is 1. The predicted molar refractivity (Wildman–Crippen MR) is 87.1 cm³/mol. The van der Waals surface area contributed by atoms with Crippen LogP contribution >= 0.6 is 22.9 Å². The fourth-order valence-electron chi connectivity index (χ4n) is 2.34. The normalized spacial score (nSPS) is 14.7. The molecule has 21 heavy (non-hydrogen) atoms. The molecule has 3 rings (SSSR count). The Bertz CT molecular complexity index is 625. The molecule has 1 saturated heterocycles. The molecule has 0 atom stereocenters. The largest absolute Gasteiger partial charge is 0.368 e. The van der Waals surface area contributed by atoms with E-state index in [2.05, 4.69) is 19.9 Å². The molecule has 1 aliphatic heterocycles. The first-order chi connectivity index (χ1) is 10.1. The molecule has 1 aliphatic rings. The zero-order chi connectivity index (χ0) is 14.8. The SMILES string of the molecule is CN(Cc1ccc(Cl)s1)c1nc(N)nc(N2CCCC2)n1. The zero-order valence-electron chi connectivity index (χ0n) is 11.8. The lowest BCUT2D eigenvalue weighted by Crippen LogP contribution is -2.25. The van der Waals surface area contributed by atoms with Gasteiger partial charge < -0.3 is 15.5 Å². The zero-order valence-corrected chi connectivity index (χ0v) is 13.4. The first kappa shape index (κ1) is 14.3. The highest BCUT2D eigenvalue weighted by molar-refractivity contribution is 7.16. The third-order valence-electron chi connectivity index (χ3n) is 3.38. The average Bonchev–Trinajstić information content (AvgIpc) is 3.10. The lowest BCUT2D eigenvalue weighted by atomic mass is 10.4. The fraction of sp³-hybridized carbons (Fsp3) is 0.462. The lowest BCUT2D eigenvalue weighted by Gasteiger charge is -2.20. The number of nitrogens with two attached hydrogens (primary N) is 1. The summed E-state index contributed by atoms with van der Waals surface area (Å²) < 4.78 is 0.784. The summed E-state index contributed by atoms with van der Waals surface area (Å²) in [5.41, 5.74) is 5.83. The van der Waals surface area contributed by atoms with Gasteiger partial charge in [-0.2, -0.15) is 15.0 Å². The third kappa shape index (κ3) is 3.36. The van der Waals surface area contributed by atoms with Crippen LogP contribution in [0, 0.1) is 0 Å². The molecule has 0 aromatic carbocycles. The van der Waals surface area contributed by atoms with Crippen LogP contribution in [0.2, 0.25) is 4.34 Å². The molecule has 2 N–H and O–H groups in total. The summed E-state index contributed by atoms with van der Waals surface area (Å²) in [4.78, 5) is 18.3. The maximum Gasteiger partial charge on any atom is 0.232 e. The molecule has 2 aromatic rings. The number of thiophene rings is 1. The Balaban J connectivity index is 1.80. The van der Waals surface area contributed by atoms with Gasteiger partial charge in [0.2, 0.25) is 17.8 Å². The average molecular weight is 325 g/mol. The molecule has 112 valence electrons. The Kier molecular flexibility index (Phi) is 4.12. The number of aromatic nitrogens is 3. The van der Waals surface area contributed by atoms with E-state index in [1.807, 2.05) is 24.1 Å². The van der Waals surface area contributed by atoms with E-state index in [0.29, 0.717) is 18.4 Å². The summed E-state index contributed by atoms with van der Waals surface area (Å²) >= 11 is 7.51. The van der Waals surface area contributed by atoms with Crippen molar-refractivity contribution in [3.8, 4) is 0 Å². The Morgan fingerprint density at radius 1 is 1.29 bits per heavy atom. The lowest BCUT2D eigenvalue weighted by molar-refractivity contribution is 0.834. The Morgan fingerprint density at radius 3 is 2.71 bits per heavy atom. The van der Waals surface area contributed by atoms with E-state index in [1.165, 1.54) is 12.8 Å². The van der Waals surface area contributed by atoms with Crippen LogP contribution in [0.5, 0.6) is 0 Å². The summed E-state index contributed by atoms with van der Waals surface area (Å²) in [6.45, 7) is 2.65. The minimum Gasteiger partial charge on any atom is -0.368 e. The van der Waals surface area contributed by atoms with Crippen molar-refractivity contribution in [3.05, 3.63) is 21.3 Å². The number of anilines is 3. The van der Waals surface area contributed by atoms with Crippen molar-refractivity contribution in [1.82, 2.24) is 15.0 Å². The molecular weight excluding hydrogens is 308 g/mol. The highest BCUT2D eigenvalue weighted by Gasteiger charge is 2.18. The van der Waals surface area contributed by atoms with Gasteiger partial charge in [0.05, 0.1) is 10.9 Å². The van der Waals surface area contributed by atoms with Gasteiger partial charge in [0.1, 0.15) is 0 Å². The van der Waals surface area contributed by atoms with Crippen molar-refractivity contribution < 1.29 is 0 Å². The van der Waals surface area contributed by atoms with Gasteiger partial charge in [-0.1, -0.05) is 11.6 Å². The van der Waals surface area contributed by atoms with Gasteiger partial charge >= 0.3 is 0 Å². The van der Waals surface area contributed by atoms with E-state index in [4.69, 9.17) is 17.3 Å². The van der Waals surface area contributed by atoms with Crippen molar-refractivity contribution in [1.29, 1.82) is 0 Å². The van der Waals surface area contributed by atoms with E-state index in [0.717, 1.165) is 22.3 Å². The molecule has 0 unspecified atom stereocenters. The van der Waals surface area contributed by atoms with Crippen LogP contribution in [0.25, 0.3) is 0 Å². The molecule has 0 spiro atoms. The summed E-state index contributed by atoms with van der Waals surface area (Å²) in [5, 5.41) is 0. The van der Waals surface area contributed by atoms with Crippen LogP contribution in [0.15, 0.2) is 12.1 Å². The first-order valence-corrected chi connectivity index (χ1v) is 8.03. The molecule has 0 amide bonds. The minimum absolute atomic E-state index is 0.262. The van der Waals surface area contributed by atoms with Crippen molar-refractivity contribution in [2.45, 2.75) is 19.4 Å². The third-order valence-corrected chi connectivity index (χ3v) is 4.60. The van der Waals surface area contributed by atoms with Gasteiger partial charge in [0.15, 0.2) is 0 Å². The highest BCUT2D eigenvalue weighted by Crippen LogP contribution is 2.24. The molecule has 0 aliphatic carbocycles. The van der Waals surface area contributed by atoms with Crippen molar-refractivity contribution >= 4 is 40.8 Å². The molecule has 8 heteroatoms.